The Morgan fingerprint density at radius 2 is 2.04 bits per heavy atom. The van der Waals surface area contributed by atoms with E-state index in [4.69, 9.17) is 0 Å². The first-order chi connectivity index (χ1) is 12.2. The van der Waals surface area contributed by atoms with Crippen LogP contribution in [0.1, 0.15) is 29.0 Å². The van der Waals surface area contributed by atoms with Crippen molar-refractivity contribution in [3.63, 3.8) is 0 Å². The number of hydrogen-bond acceptors (Lipinski definition) is 4. The zero-order chi connectivity index (χ0) is 17.2. The summed E-state index contributed by atoms with van der Waals surface area (Å²) in [7, 11) is 4.24. The second-order valence-electron chi connectivity index (χ2n) is 6.85. The first-order valence-electron chi connectivity index (χ1n) is 8.67. The molecular formula is C19H24N6. The fourth-order valence-electron chi connectivity index (χ4n) is 3.82. The SMILES string of the molecule is CN1C[C@@H](NC(c2ccccc2)c2ncc[nH]2)[C@H](c2cncn2C)C1. The van der Waals surface area contributed by atoms with E-state index in [9.17, 15) is 0 Å². The Balaban J connectivity index is 1.64. The molecule has 1 aliphatic heterocycles. The van der Waals surface area contributed by atoms with E-state index < -0.39 is 0 Å². The van der Waals surface area contributed by atoms with Gasteiger partial charge in [-0.2, -0.15) is 0 Å². The molecule has 4 rings (SSSR count). The Kier molecular flexibility index (Phi) is 4.38. The molecular weight excluding hydrogens is 312 g/mol. The molecule has 0 saturated carbocycles. The maximum absolute atomic E-state index is 4.51. The molecule has 1 saturated heterocycles. The van der Waals surface area contributed by atoms with E-state index in [0.29, 0.717) is 12.0 Å². The third-order valence-electron chi connectivity index (χ3n) is 5.04. The summed E-state index contributed by atoms with van der Waals surface area (Å²) in [5.41, 5.74) is 2.49. The van der Waals surface area contributed by atoms with Crippen LogP contribution in [0.3, 0.4) is 0 Å². The minimum Gasteiger partial charge on any atom is -0.347 e. The molecule has 1 fully saturated rings. The summed E-state index contributed by atoms with van der Waals surface area (Å²) in [5.74, 6) is 1.35. The molecule has 25 heavy (non-hydrogen) atoms. The van der Waals surface area contributed by atoms with Crippen molar-refractivity contribution in [2.45, 2.75) is 18.0 Å². The van der Waals surface area contributed by atoms with Gasteiger partial charge in [-0.3, -0.25) is 5.32 Å². The van der Waals surface area contributed by atoms with E-state index in [1.807, 2.05) is 31.0 Å². The highest BCUT2D eigenvalue weighted by atomic mass is 15.2. The summed E-state index contributed by atoms with van der Waals surface area (Å²) in [6.45, 7) is 2.02. The van der Waals surface area contributed by atoms with E-state index in [2.05, 4.69) is 68.1 Å². The number of nitrogens with zero attached hydrogens (tertiary/aromatic N) is 4. The number of nitrogens with one attached hydrogen (secondary N) is 2. The lowest BCUT2D eigenvalue weighted by molar-refractivity contribution is 0.389. The van der Waals surface area contributed by atoms with Crippen LogP contribution >= 0.6 is 0 Å². The first-order valence-corrected chi connectivity index (χ1v) is 8.67. The molecule has 0 bridgehead atoms. The van der Waals surface area contributed by atoms with Crippen LogP contribution in [-0.2, 0) is 7.05 Å². The molecule has 2 aromatic heterocycles. The van der Waals surface area contributed by atoms with Crippen LogP contribution < -0.4 is 5.32 Å². The van der Waals surface area contributed by atoms with Gasteiger partial charge in [-0.15, -0.1) is 0 Å². The lowest BCUT2D eigenvalue weighted by Gasteiger charge is -2.26. The fraction of sp³-hybridized carbons (Fsp3) is 0.368. The standard InChI is InChI=1S/C19H24N6/c1-24-11-15(17-10-20-13-25(17)2)16(12-24)23-18(19-21-8-9-22-19)14-6-4-3-5-7-14/h3-10,13,15-16,18,23H,11-12H2,1-2H3,(H,21,22)/t15-,16-,18?/m1/s1. The van der Waals surface area contributed by atoms with Crippen LogP contribution in [0.5, 0.6) is 0 Å². The number of H-pyrrole nitrogens is 1. The van der Waals surface area contributed by atoms with Gasteiger partial charge in [-0.05, 0) is 12.6 Å². The van der Waals surface area contributed by atoms with Gasteiger partial charge < -0.3 is 14.5 Å². The summed E-state index contributed by atoms with van der Waals surface area (Å²) in [6, 6.07) is 10.9. The van der Waals surface area contributed by atoms with Crippen molar-refractivity contribution < 1.29 is 0 Å². The fourth-order valence-corrected chi connectivity index (χ4v) is 3.82. The smallest absolute Gasteiger partial charge is 0.127 e. The predicted octanol–water partition coefficient (Wildman–Crippen LogP) is 1.92. The van der Waals surface area contributed by atoms with Gasteiger partial charge in [0, 0.05) is 56.4 Å². The van der Waals surface area contributed by atoms with Crippen molar-refractivity contribution in [1.82, 2.24) is 29.7 Å². The number of imidazole rings is 2. The normalized spacial score (nSPS) is 22.3. The van der Waals surface area contributed by atoms with Gasteiger partial charge in [0.2, 0.25) is 0 Å². The lowest BCUT2D eigenvalue weighted by atomic mass is 9.97. The third kappa shape index (κ3) is 3.23. The summed E-state index contributed by atoms with van der Waals surface area (Å²) in [5, 5.41) is 3.85. The number of rotatable bonds is 5. The average Bonchev–Trinajstić information content (AvgIpc) is 3.35. The van der Waals surface area contributed by atoms with Crippen LogP contribution in [0, 0.1) is 0 Å². The Bertz CT molecular complexity index is 794. The molecule has 3 aromatic rings. The van der Waals surface area contributed by atoms with E-state index in [-0.39, 0.29) is 6.04 Å². The molecule has 0 amide bonds. The number of likely N-dealkylation sites (tertiary alicyclic amines) is 1. The van der Waals surface area contributed by atoms with Crippen molar-refractivity contribution in [2.75, 3.05) is 20.1 Å². The summed E-state index contributed by atoms with van der Waals surface area (Å²) < 4.78 is 2.13. The zero-order valence-corrected chi connectivity index (χ0v) is 14.6. The van der Waals surface area contributed by atoms with Gasteiger partial charge >= 0.3 is 0 Å². The quantitative estimate of drug-likeness (QED) is 0.747. The van der Waals surface area contributed by atoms with Crippen molar-refractivity contribution in [3.8, 4) is 0 Å². The number of aromatic amines is 1. The van der Waals surface area contributed by atoms with E-state index in [0.717, 1.165) is 18.9 Å². The molecule has 1 unspecified atom stereocenters. The van der Waals surface area contributed by atoms with Crippen molar-refractivity contribution in [1.29, 1.82) is 0 Å². The average molecular weight is 336 g/mol. The summed E-state index contributed by atoms with van der Waals surface area (Å²) in [6.07, 6.45) is 7.56. The van der Waals surface area contributed by atoms with E-state index >= 15 is 0 Å². The Morgan fingerprint density at radius 3 is 2.72 bits per heavy atom. The minimum atomic E-state index is 0.0448. The maximum atomic E-state index is 4.51. The van der Waals surface area contributed by atoms with Crippen molar-refractivity contribution in [3.05, 3.63) is 72.3 Å². The van der Waals surface area contributed by atoms with Crippen LogP contribution in [0.15, 0.2) is 55.2 Å². The molecule has 6 nitrogen and oxygen atoms in total. The van der Waals surface area contributed by atoms with Crippen LogP contribution in [0.4, 0.5) is 0 Å². The molecule has 0 radical (unpaired) electrons. The van der Waals surface area contributed by atoms with E-state index in [1.54, 1.807) is 0 Å². The highest BCUT2D eigenvalue weighted by molar-refractivity contribution is 5.26. The first kappa shape index (κ1) is 16.1. The molecule has 3 atom stereocenters. The Labute approximate surface area is 147 Å². The Hall–Kier alpha value is -2.44. The summed E-state index contributed by atoms with van der Waals surface area (Å²) >= 11 is 0. The molecule has 2 N–H and O–H groups in total. The Morgan fingerprint density at radius 1 is 1.20 bits per heavy atom. The predicted molar refractivity (Wildman–Crippen MR) is 97.2 cm³/mol. The van der Waals surface area contributed by atoms with Gasteiger partial charge in [0.25, 0.3) is 0 Å². The number of aryl methyl sites for hydroxylation is 1. The number of aromatic nitrogens is 4. The maximum Gasteiger partial charge on any atom is 0.127 e. The second-order valence-corrected chi connectivity index (χ2v) is 6.85. The lowest BCUT2D eigenvalue weighted by Crippen LogP contribution is -2.39. The molecule has 0 spiro atoms. The van der Waals surface area contributed by atoms with Crippen LogP contribution in [-0.4, -0.2) is 50.6 Å². The van der Waals surface area contributed by atoms with Crippen LogP contribution in [0.25, 0.3) is 0 Å². The van der Waals surface area contributed by atoms with E-state index in [1.165, 1.54) is 11.3 Å². The zero-order valence-electron chi connectivity index (χ0n) is 14.6. The van der Waals surface area contributed by atoms with Gasteiger partial charge in [-0.25, -0.2) is 9.97 Å². The molecule has 130 valence electrons. The largest absolute Gasteiger partial charge is 0.347 e. The topological polar surface area (TPSA) is 61.8 Å². The third-order valence-corrected chi connectivity index (χ3v) is 5.04. The minimum absolute atomic E-state index is 0.0448. The molecule has 1 aromatic carbocycles. The highest BCUT2D eigenvalue weighted by Gasteiger charge is 2.35. The van der Waals surface area contributed by atoms with Gasteiger partial charge in [0.1, 0.15) is 5.82 Å². The van der Waals surface area contributed by atoms with Crippen LogP contribution in [0.2, 0.25) is 0 Å². The monoisotopic (exact) mass is 336 g/mol. The molecule has 3 heterocycles. The van der Waals surface area contributed by atoms with Crippen molar-refractivity contribution in [2.24, 2.45) is 7.05 Å². The van der Waals surface area contributed by atoms with Gasteiger partial charge in [-0.1, -0.05) is 30.3 Å². The van der Waals surface area contributed by atoms with Gasteiger partial charge in [0.05, 0.1) is 12.4 Å². The molecule has 0 aliphatic carbocycles. The number of benzene rings is 1. The summed E-state index contributed by atoms with van der Waals surface area (Å²) in [4.78, 5) is 14.5. The second kappa shape index (κ2) is 6.82. The van der Waals surface area contributed by atoms with Crippen molar-refractivity contribution >= 4 is 0 Å². The molecule has 6 heteroatoms. The number of hydrogen-bond donors (Lipinski definition) is 2. The highest BCUT2D eigenvalue weighted by Crippen LogP contribution is 2.29. The number of likely N-dealkylation sites (N-methyl/N-ethyl adjacent to an activating group) is 1. The molecule has 1 aliphatic rings. The van der Waals surface area contributed by atoms with Gasteiger partial charge in [0.15, 0.2) is 0 Å².